The summed E-state index contributed by atoms with van der Waals surface area (Å²) in [6.45, 7) is 6.76. The molecule has 1 aromatic carbocycles. The third-order valence-electron chi connectivity index (χ3n) is 3.96. The molecule has 0 saturated carbocycles. The third-order valence-corrected chi connectivity index (χ3v) is 3.96. The lowest BCUT2D eigenvalue weighted by atomic mass is 10.1. The van der Waals surface area contributed by atoms with Gasteiger partial charge in [-0.15, -0.1) is 0 Å². The fraction of sp³-hybridized carbons (Fsp3) is 0.412. The molecule has 0 fully saturated rings. The van der Waals surface area contributed by atoms with E-state index in [1.165, 1.54) is 11.6 Å². The van der Waals surface area contributed by atoms with Gasteiger partial charge in [-0.1, -0.05) is 0 Å². The van der Waals surface area contributed by atoms with E-state index < -0.39 is 0 Å². The summed E-state index contributed by atoms with van der Waals surface area (Å²) < 4.78 is 24.6. The van der Waals surface area contributed by atoms with Crippen LogP contribution < -0.4 is 10.1 Å². The van der Waals surface area contributed by atoms with E-state index in [4.69, 9.17) is 9.15 Å². The average Bonchev–Trinajstić information content (AvgIpc) is 2.98. The van der Waals surface area contributed by atoms with Crippen molar-refractivity contribution in [3.8, 4) is 5.75 Å². The van der Waals surface area contributed by atoms with Gasteiger partial charge in [-0.3, -0.25) is 0 Å². The molecule has 0 bridgehead atoms. The maximum atomic E-state index is 13.2. The average molecular weight is 289 g/mol. The van der Waals surface area contributed by atoms with Gasteiger partial charge in [0.25, 0.3) is 0 Å². The second-order valence-corrected chi connectivity index (χ2v) is 5.69. The van der Waals surface area contributed by atoms with E-state index in [2.05, 4.69) is 18.3 Å². The monoisotopic (exact) mass is 289 g/mol. The Morgan fingerprint density at radius 2 is 2.14 bits per heavy atom. The minimum atomic E-state index is -0.205. The Kier molecular flexibility index (Phi) is 3.72. The smallest absolute Gasteiger partial charge is 0.123 e. The molecule has 0 amide bonds. The van der Waals surface area contributed by atoms with Crippen LogP contribution >= 0.6 is 0 Å². The van der Waals surface area contributed by atoms with Crippen molar-refractivity contribution >= 4 is 0 Å². The molecule has 1 aromatic heterocycles. The van der Waals surface area contributed by atoms with Crippen molar-refractivity contribution in [1.29, 1.82) is 0 Å². The Hall–Kier alpha value is -1.81. The Bertz CT molecular complexity index is 650. The first-order chi connectivity index (χ1) is 10.0. The minimum absolute atomic E-state index is 0.0533. The molecule has 2 atom stereocenters. The fourth-order valence-corrected chi connectivity index (χ4v) is 2.90. The molecule has 0 radical (unpaired) electrons. The SMILES string of the molecule is Cc1cc(C(C)NCC2Cc3cc(F)ccc3O2)c(C)o1. The van der Waals surface area contributed by atoms with Crippen molar-refractivity contribution in [3.05, 3.63) is 52.7 Å². The molecule has 4 heteroatoms. The molecule has 112 valence electrons. The number of hydrogen-bond donors (Lipinski definition) is 1. The normalized spacial score (nSPS) is 18.4. The third kappa shape index (κ3) is 2.95. The summed E-state index contributed by atoms with van der Waals surface area (Å²) in [5.74, 6) is 2.47. The van der Waals surface area contributed by atoms with Crippen LogP contribution in [0.25, 0.3) is 0 Å². The van der Waals surface area contributed by atoms with Gasteiger partial charge in [0, 0.05) is 30.1 Å². The van der Waals surface area contributed by atoms with Crippen LogP contribution in [0.15, 0.2) is 28.7 Å². The summed E-state index contributed by atoms with van der Waals surface area (Å²) in [6.07, 6.45) is 0.800. The zero-order valence-electron chi connectivity index (χ0n) is 12.6. The Morgan fingerprint density at radius 3 is 2.86 bits per heavy atom. The van der Waals surface area contributed by atoms with Gasteiger partial charge in [-0.05, 0) is 45.0 Å². The summed E-state index contributed by atoms with van der Waals surface area (Å²) in [5, 5.41) is 3.47. The van der Waals surface area contributed by atoms with Crippen molar-refractivity contribution in [3.63, 3.8) is 0 Å². The summed E-state index contributed by atoms with van der Waals surface area (Å²) >= 11 is 0. The van der Waals surface area contributed by atoms with Crippen LogP contribution in [0.3, 0.4) is 0 Å². The molecule has 2 unspecified atom stereocenters. The zero-order valence-corrected chi connectivity index (χ0v) is 12.6. The van der Waals surface area contributed by atoms with Crippen molar-refractivity contribution in [2.45, 2.75) is 39.3 Å². The Morgan fingerprint density at radius 1 is 1.33 bits per heavy atom. The quantitative estimate of drug-likeness (QED) is 0.932. The van der Waals surface area contributed by atoms with Crippen LogP contribution in [0.2, 0.25) is 0 Å². The van der Waals surface area contributed by atoms with E-state index in [-0.39, 0.29) is 18.0 Å². The second kappa shape index (κ2) is 5.53. The highest BCUT2D eigenvalue weighted by molar-refractivity contribution is 5.38. The van der Waals surface area contributed by atoms with Gasteiger partial charge in [0.15, 0.2) is 0 Å². The van der Waals surface area contributed by atoms with Crippen LogP contribution in [-0.4, -0.2) is 12.6 Å². The molecule has 2 heterocycles. The number of nitrogens with one attached hydrogen (secondary N) is 1. The summed E-state index contributed by atoms with van der Waals surface area (Å²) in [5.41, 5.74) is 2.12. The molecule has 0 aliphatic carbocycles. The fourth-order valence-electron chi connectivity index (χ4n) is 2.90. The number of fused-ring (bicyclic) bond motifs is 1. The second-order valence-electron chi connectivity index (χ2n) is 5.69. The number of halogens is 1. The first kappa shape index (κ1) is 14.1. The number of benzene rings is 1. The maximum absolute atomic E-state index is 13.2. The van der Waals surface area contributed by atoms with E-state index in [1.54, 1.807) is 12.1 Å². The first-order valence-corrected chi connectivity index (χ1v) is 7.28. The Labute approximate surface area is 124 Å². The van der Waals surface area contributed by atoms with Crippen molar-refractivity contribution in [2.75, 3.05) is 6.54 Å². The number of furan rings is 1. The van der Waals surface area contributed by atoms with Crippen molar-refractivity contribution in [1.82, 2.24) is 5.32 Å². The van der Waals surface area contributed by atoms with Crippen molar-refractivity contribution < 1.29 is 13.5 Å². The van der Waals surface area contributed by atoms with Gasteiger partial charge < -0.3 is 14.5 Å². The van der Waals surface area contributed by atoms with Crippen LogP contribution in [-0.2, 0) is 6.42 Å². The summed E-state index contributed by atoms with van der Waals surface area (Å²) in [6, 6.07) is 6.97. The molecular weight excluding hydrogens is 269 g/mol. The zero-order chi connectivity index (χ0) is 15.0. The molecule has 1 aliphatic heterocycles. The molecule has 1 N–H and O–H groups in total. The van der Waals surface area contributed by atoms with Gasteiger partial charge in [0.2, 0.25) is 0 Å². The molecular formula is C17H20FNO2. The highest BCUT2D eigenvalue weighted by Crippen LogP contribution is 2.29. The van der Waals surface area contributed by atoms with E-state index in [9.17, 15) is 4.39 Å². The molecule has 3 nitrogen and oxygen atoms in total. The number of hydrogen-bond acceptors (Lipinski definition) is 3. The summed E-state index contributed by atoms with van der Waals surface area (Å²) in [4.78, 5) is 0. The first-order valence-electron chi connectivity index (χ1n) is 7.28. The number of ether oxygens (including phenoxy) is 1. The highest BCUT2D eigenvalue weighted by Gasteiger charge is 2.24. The van der Waals surface area contributed by atoms with Crippen LogP contribution in [0.1, 0.15) is 35.6 Å². The largest absolute Gasteiger partial charge is 0.488 e. The van der Waals surface area contributed by atoms with Gasteiger partial charge in [-0.2, -0.15) is 0 Å². The van der Waals surface area contributed by atoms with E-state index >= 15 is 0 Å². The highest BCUT2D eigenvalue weighted by atomic mass is 19.1. The number of rotatable bonds is 4. The predicted octanol–water partition coefficient (Wildman–Crippen LogP) is 3.69. The molecule has 2 aromatic rings. The molecule has 3 rings (SSSR count). The lowest BCUT2D eigenvalue weighted by Gasteiger charge is -2.17. The van der Waals surface area contributed by atoms with Crippen molar-refractivity contribution in [2.24, 2.45) is 0 Å². The van der Waals surface area contributed by atoms with E-state index in [1.807, 2.05) is 13.8 Å². The number of aryl methyl sites for hydroxylation is 2. The van der Waals surface area contributed by atoms with Gasteiger partial charge in [0.05, 0.1) is 0 Å². The summed E-state index contributed by atoms with van der Waals surface area (Å²) in [7, 11) is 0. The predicted molar refractivity (Wildman–Crippen MR) is 79.1 cm³/mol. The van der Waals surface area contributed by atoms with E-state index in [0.29, 0.717) is 0 Å². The molecule has 0 saturated heterocycles. The standard InChI is InChI=1S/C17H20FNO2/c1-10-6-16(12(3)20-10)11(2)19-9-15-8-13-7-14(18)4-5-17(13)21-15/h4-7,11,15,19H,8-9H2,1-3H3. The lowest BCUT2D eigenvalue weighted by molar-refractivity contribution is 0.222. The molecule has 1 aliphatic rings. The Balaban J connectivity index is 1.58. The van der Waals surface area contributed by atoms with Crippen LogP contribution in [0.4, 0.5) is 4.39 Å². The molecule has 0 spiro atoms. The van der Waals surface area contributed by atoms with Crippen LogP contribution in [0.5, 0.6) is 5.75 Å². The van der Waals surface area contributed by atoms with Crippen LogP contribution in [0, 0.1) is 19.7 Å². The minimum Gasteiger partial charge on any atom is -0.488 e. The molecule has 21 heavy (non-hydrogen) atoms. The lowest BCUT2D eigenvalue weighted by Crippen LogP contribution is -2.32. The van der Waals surface area contributed by atoms with Gasteiger partial charge >= 0.3 is 0 Å². The van der Waals surface area contributed by atoms with Gasteiger partial charge in [0.1, 0.15) is 29.2 Å². The maximum Gasteiger partial charge on any atom is 0.123 e. The van der Waals surface area contributed by atoms with E-state index in [0.717, 1.165) is 35.8 Å². The topological polar surface area (TPSA) is 34.4 Å². The van der Waals surface area contributed by atoms with Gasteiger partial charge in [-0.25, -0.2) is 4.39 Å².